The lowest BCUT2D eigenvalue weighted by Gasteiger charge is -1.94. The van der Waals surface area contributed by atoms with Crippen LogP contribution in [0.1, 0.15) is 11.3 Å². The van der Waals surface area contributed by atoms with Crippen LogP contribution in [0.2, 0.25) is 0 Å². The minimum absolute atomic E-state index is 0.594. The lowest BCUT2D eigenvalue weighted by molar-refractivity contribution is 0.180. The van der Waals surface area contributed by atoms with E-state index in [0.29, 0.717) is 6.61 Å². The second-order valence-corrected chi connectivity index (χ2v) is 2.90. The first-order valence-electron chi connectivity index (χ1n) is 3.40. The largest absolute Gasteiger partial charge is 0.378 e. The Kier molecular flexibility index (Phi) is 2.46. The predicted octanol–water partition coefficient (Wildman–Crippen LogP) is 1.54. The zero-order chi connectivity index (χ0) is 8.43. The summed E-state index contributed by atoms with van der Waals surface area (Å²) in [7, 11) is 3.57. The van der Waals surface area contributed by atoms with E-state index >= 15 is 0 Å². The molecule has 0 spiro atoms. The Morgan fingerprint density at radius 2 is 2.27 bits per heavy atom. The average Bonchev–Trinajstić information content (AvgIpc) is 2.19. The molecule has 0 saturated heterocycles. The van der Waals surface area contributed by atoms with Crippen LogP contribution in [0.25, 0.3) is 0 Å². The molecule has 0 saturated carbocycles. The summed E-state index contributed by atoms with van der Waals surface area (Å²) >= 11 is 5.11. The highest BCUT2D eigenvalue weighted by atomic mass is 32.1. The van der Waals surface area contributed by atoms with Gasteiger partial charge >= 0.3 is 0 Å². The standard InChI is InChI=1S/C7H12N2OS/c1-5-6(4-10-3)8-9(2)7(5)11/h8H,4H2,1-3H3. The van der Waals surface area contributed by atoms with Gasteiger partial charge in [0.2, 0.25) is 0 Å². The predicted molar refractivity (Wildman–Crippen MR) is 46.0 cm³/mol. The molecule has 1 aromatic heterocycles. The fourth-order valence-electron chi connectivity index (χ4n) is 1.00. The smallest absolute Gasteiger partial charge is 0.124 e. The summed E-state index contributed by atoms with van der Waals surface area (Å²) in [6.45, 7) is 2.59. The van der Waals surface area contributed by atoms with Crippen molar-refractivity contribution in [2.45, 2.75) is 13.5 Å². The first-order chi connectivity index (χ1) is 5.16. The molecule has 0 aliphatic heterocycles. The molecule has 1 heterocycles. The fourth-order valence-corrected chi connectivity index (χ4v) is 1.17. The zero-order valence-corrected chi connectivity index (χ0v) is 7.79. The maximum atomic E-state index is 5.11. The Labute approximate surface area is 71.0 Å². The molecule has 11 heavy (non-hydrogen) atoms. The van der Waals surface area contributed by atoms with Crippen molar-refractivity contribution in [2.75, 3.05) is 7.11 Å². The summed E-state index contributed by atoms with van der Waals surface area (Å²) in [6.07, 6.45) is 0. The number of nitrogens with one attached hydrogen (secondary N) is 1. The fraction of sp³-hybridized carbons (Fsp3) is 0.571. The van der Waals surface area contributed by atoms with Crippen LogP contribution in [-0.4, -0.2) is 16.9 Å². The van der Waals surface area contributed by atoms with Crippen molar-refractivity contribution in [3.63, 3.8) is 0 Å². The van der Waals surface area contributed by atoms with Gasteiger partial charge < -0.3 is 4.74 Å². The van der Waals surface area contributed by atoms with Gasteiger partial charge in [-0.15, -0.1) is 0 Å². The number of nitrogens with zero attached hydrogens (tertiary/aromatic N) is 1. The summed E-state index contributed by atoms with van der Waals surface area (Å²) in [5, 5.41) is 3.10. The van der Waals surface area contributed by atoms with E-state index in [4.69, 9.17) is 17.0 Å². The van der Waals surface area contributed by atoms with Crippen molar-refractivity contribution >= 4 is 12.2 Å². The molecule has 1 aromatic rings. The normalized spacial score (nSPS) is 10.5. The highest BCUT2D eigenvalue weighted by Gasteiger charge is 2.02. The molecular weight excluding hydrogens is 160 g/mol. The Morgan fingerprint density at radius 1 is 1.64 bits per heavy atom. The van der Waals surface area contributed by atoms with Gasteiger partial charge in [-0.3, -0.25) is 9.78 Å². The molecule has 62 valence electrons. The molecule has 3 nitrogen and oxygen atoms in total. The Bertz CT molecular complexity index is 300. The van der Waals surface area contributed by atoms with Crippen LogP contribution in [0.5, 0.6) is 0 Å². The molecule has 0 aliphatic rings. The van der Waals surface area contributed by atoms with E-state index in [2.05, 4.69) is 5.10 Å². The molecule has 0 atom stereocenters. The quantitative estimate of drug-likeness (QED) is 0.686. The van der Waals surface area contributed by atoms with E-state index in [1.807, 2.05) is 18.7 Å². The SMILES string of the molecule is COCc1[nH]n(C)c(=S)c1C. The lowest BCUT2D eigenvalue weighted by atomic mass is 10.3. The zero-order valence-electron chi connectivity index (χ0n) is 6.97. The maximum absolute atomic E-state index is 5.11. The molecule has 0 unspecified atom stereocenters. The van der Waals surface area contributed by atoms with Crippen LogP contribution in [0.4, 0.5) is 0 Å². The summed E-state index contributed by atoms with van der Waals surface area (Å²) in [5.41, 5.74) is 2.16. The minimum atomic E-state index is 0.594. The molecule has 0 bridgehead atoms. The number of rotatable bonds is 2. The van der Waals surface area contributed by atoms with Crippen molar-refractivity contribution in [3.8, 4) is 0 Å². The van der Waals surface area contributed by atoms with Crippen molar-refractivity contribution in [1.29, 1.82) is 0 Å². The highest BCUT2D eigenvalue weighted by molar-refractivity contribution is 7.71. The molecule has 1 rings (SSSR count). The summed E-state index contributed by atoms with van der Waals surface area (Å²) in [4.78, 5) is 0. The third kappa shape index (κ3) is 1.52. The topological polar surface area (TPSA) is 29.9 Å². The van der Waals surface area contributed by atoms with Gasteiger partial charge in [0, 0.05) is 19.7 Å². The Morgan fingerprint density at radius 3 is 2.64 bits per heavy atom. The van der Waals surface area contributed by atoms with Gasteiger partial charge in [0.25, 0.3) is 0 Å². The summed E-state index contributed by atoms with van der Waals surface area (Å²) in [6, 6.07) is 0. The van der Waals surface area contributed by atoms with Crippen LogP contribution < -0.4 is 0 Å². The number of hydrogen-bond donors (Lipinski definition) is 1. The Balaban J connectivity index is 3.08. The highest BCUT2D eigenvalue weighted by Crippen LogP contribution is 2.07. The van der Waals surface area contributed by atoms with E-state index in [-0.39, 0.29) is 0 Å². The molecular formula is C7H12N2OS. The minimum Gasteiger partial charge on any atom is -0.378 e. The molecule has 0 radical (unpaired) electrons. The number of hydrogen-bond acceptors (Lipinski definition) is 2. The molecule has 0 aromatic carbocycles. The van der Waals surface area contributed by atoms with E-state index in [1.54, 1.807) is 7.11 Å². The third-order valence-electron chi connectivity index (χ3n) is 1.67. The van der Waals surface area contributed by atoms with Gasteiger partial charge in [0.1, 0.15) is 4.64 Å². The van der Waals surface area contributed by atoms with Crippen molar-refractivity contribution in [3.05, 3.63) is 15.9 Å². The van der Waals surface area contributed by atoms with Crippen molar-refractivity contribution in [1.82, 2.24) is 9.78 Å². The van der Waals surface area contributed by atoms with Gasteiger partial charge in [-0.2, -0.15) is 0 Å². The number of ether oxygens (including phenoxy) is 1. The molecule has 1 N–H and O–H groups in total. The molecule has 4 heteroatoms. The molecule has 0 aliphatic carbocycles. The number of aromatic amines is 1. The number of aryl methyl sites for hydroxylation is 1. The monoisotopic (exact) mass is 172 g/mol. The average molecular weight is 172 g/mol. The number of H-pyrrole nitrogens is 1. The van der Waals surface area contributed by atoms with Crippen LogP contribution >= 0.6 is 12.2 Å². The maximum Gasteiger partial charge on any atom is 0.124 e. The van der Waals surface area contributed by atoms with Gasteiger partial charge in [-0.25, -0.2) is 0 Å². The van der Waals surface area contributed by atoms with Crippen LogP contribution in [0.3, 0.4) is 0 Å². The number of aromatic nitrogens is 2. The second-order valence-electron chi connectivity index (χ2n) is 2.51. The van der Waals surface area contributed by atoms with Crippen LogP contribution in [0, 0.1) is 11.6 Å². The van der Waals surface area contributed by atoms with Gasteiger partial charge in [0.15, 0.2) is 0 Å². The molecule has 0 amide bonds. The summed E-state index contributed by atoms with van der Waals surface area (Å²) in [5.74, 6) is 0. The van der Waals surface area contributed by atoms with E-state index in [1.165, 1.54) is 0 Å². The number of methoxy groups -OCH3 is 1. The van der Waals surface area contributed by atoms with Crippen molar-refractivity contribution in [2.24, 2.45) is 7.05 Å². The second kappa shape index (κ2) is 3.19. The van der Waals surface area contributed by atoms with E-state index < -0.39 is 0 Å². The molecule has 0 fully saturated rings. The van der Waals surface area contributed by atoms with Gasteiger partial charge in [-0.05, 0) is 6.92 Å². The third-order valence-corrected chi connectivity index (χ3v) is 2.25. The van der Waals surface area contributed by atoms with Gasteiger partial charge in [-0.1, -0.05) is 12.2 Å². The lowest BCUT2D eigenvalue weighted by Crippen LogP contribution is -1.93. The first-order valence-corrected chi connectivity index (χ1v) is 3.81. The van der Waals surface area contributed by atoms with E-state index in [0.717, 1.165) is 15.9 Å². The summed E-state index contributed by atoms with van der Waals surface area (Å²) < 4.78 is 7.65. The first kappa shape index (κ1) is 8.49. The van der Waals surface area contributed by atoms with Crippen molar-refractivity contribution < 1.29 is 4.74 Å². The van der Waals surface area contributed by atoms with Crippen LogP contribution in [-0.2, 0) is 18.4 Å². The van der Waals surface area contributed by atoms with Gasteiger partial charge in [0.05, 0.1) is 12.3 Å². The van der Waals surface area contributed by atoms with E-state index in [9.17, 15) is 0 Å². The van der Waals surface area contributed by atoms with Crippen LogP contribution in [0.15, 0.2) is 0 Å². The Hall–Kier alpha value is -0.610.